The SMILES string of the molecule is COc1ccc(C(=O)O[C@H](C(=O)NC(N)=O)C(C)C)cc1Br. The molecule has 0 aliphatic heterocycles. The minimum absolute atomic E-state index is 0.241. The summed E-state index contributed by atoms with van der Waals surface area (Å²) < 4.78 is 10.8. The number of methoxy groups -OCH3 is 1. The van der Waals surface area contributed by atoms with Gasteiger partial charge in [-0.3, -0.25) is 10.1 Å². The topological polar surface area (TPSA) is 108 Å². The molecule has 0 bridgehead atoms. The highest BCUT2D eigenvalue weighted by Crippen LogP contribution is 2.26. The van der Waals surface area contributed by atoms with Crippen LogP contribution in [-0.2, 0) is 9.53 Å². The third kappa shape index (κ3) is 4.73. The van der Waals surface area contributed by atoms with Crippen LogP contribution in [0.4, 0.5) is 4.79 Å². The van der Waals surface area contributed by atoms with Crippen molar-refractivity contribution in [2.75, 3.05) is 7.11 Å². The van der Waals surface area contributed by atoms with Gasteiger partial charge in [-0.1, -0.05) is 13.8 Å². The van der Waals surface area contributed by atoms with Crippen LogP contribution in [0.5, 0.6) is 5.75 Å². The zero-order valence-corrected chi connectivity index (χ0v) is 14.0. The zero-order chi connectivity index (χ0) is 16.9. The van der Waals surface area contributed by atoms with Gasteiger partial charge < -0.3 is 15.2 Å². The molecule has 1 aromatic rings. The van der Waals surface area contributed by atoms with Crippen LogP contribution in [0.25, 0.3) is 0 Å². The molecule has 0 aliphatic carbocycles. The number of nitrogens with two attached hydrogens (primary N) is 1. The molecule has 1 rings (SSSR count). The van der Waals surface area contributed by atoms with Crippen LogP contribution in [0.2, 0.25) is 0 Å². The summed E-state index contributed by atoms with van der Waals surface area (Å²) in [7, 11) is 1.50. The second kappa shape index (κ2) is 7.79. The zero-order valence-electron chi connectivity index (χ0n) is 12.4. The number of nitrogens with one attached hydrogen (secondary N) is 1. The highest BCUT2D eigenvalue weighted by atomic mass is 79.9. The number of ether oxygens (including phenoxy) is 2. The number of hydrogen-bond donors (Lipinski definition) is 2. The Morgan fingerprint density at radius 2 is 1.91 bits per heavy atom. The number of carbonyl (C=O) groups excluding carboxylic acids is 3. The number of rotatable bonds is 5. The molecule has 0 heterocycles. The summed E-state index contributed by atoms with van der Waals surface area (Å²) in [5.74, 6) is -1.22. The van der Waals surface area contributed by atoms with E-state index in [9.17, 15) is 14.4 Å². The third-order valence-electron chi connectivity index (χ3n) is 2.73. The van der Waals surface area contributed by atoms with Crippen LogP contribution >= 0.6 is 15.9 Å². The number of esters is 1. The van der Waals surface area contributed by atoms with Gasteiger partial charge in [0.15, 0.2) is 6.10 Å². The molecule has 0 unspecified atom stereocenters. The molecule has 7 nitrogen and oxygen atoms in total. The van der Waals surface area contributed by atoms with Gasteiger partial charge in [0.05, 0.1) is 17.1 Å². The summed E-state index contributed by atoms with van der Waals surface area (Å²) in [4.78, 5) is 34.7. The molecule has 3 N–H and O–H groups in total. The first-order valence-corrected chi connectivity index (χ1v) is 7.20. The van der Waals surface area contributed by atoms with Crippen LogP contribution in [0.3, 0.4) is 0 Å². The molecule has 1 aromatic carbocycles. The fourth-order valence-electron chi connectivity index (χ4n) is 1.66. The lowest BCUT2D eigenvalue weighted by molar-refractivity contribution is -0.130. The molecule has 1 atom stereocenters. The summed E-state index contributed by atoms with van der Waals surface area (Å²) in [5.41, 5.74) is 5.13. The van der Waals surface area contributed by atoms with Gasteiger partial charge in [-0.05, 0) is 40.0 Å². The van der Waals surface area contributed by atoms with Crippen molar-refractivity contribution in [1.29, 1.82) is 0 Å². The first-order chi connectivity index (χ1) is 10.3. The molecule has 0 radical (unpaired) electrons. The maximum atomic E-state index is 12.1. The van der Waals surface area contributed by atoms with Crippen LogP contribution in [0.15, 0.2) is 22.7 Å². The van der Waals surface area contributed by atoms with Crippen molar-refractivity contribution in [3.05, 3.63) is 28.2 Å². The third-order valence-corrected chi connectivity index (χ3v) is 3.35. The molecule has 3 amide bonds. The first kappa shape index (κ1) is 18.0. The summed E-state index contributed by atoms with van der Waals surface area (Å²) >= 11 is 3.26. The Bertz CT molecular complexity index is 589. The van der Waals surface area contributed by atoms with Gasteiger partial charge in [-0.15, -0.1) is 0 Å². The predicted octanol–water partition coefficient (Wildman–Crippen LogP) is 1.83. The Hall–Kier alpha value is -2.09. The second-order valence-corrected chi connectivity index (χ2v) is 5.63. The molecule has 0 saturated heterocycles. The first-order valence-electron chi connectivity index (χ1n) is 6.41. The Labute approximate surface area is 136 Å². The maximum absolute atomic E-state index is 12.1. The molecular formula is C14H17BrN2O5. The van der Waals surface area contributed by atoms with Crippen molar-refractivity contribution in [3.8, 4) is 5.75 Å². The van der Waals surface area contributed by atoms with Crippen molar-refractivity contribution in [2.45, 2.75) is 20.0 Å². The Kier molecular flexibility index (Phi) is 6.36. The Balaban J connectivity index is 2.89. The normalized spacial score (nSPS) is 11.7. The van der Waals surface area contributed by atoms with Crippen molar-refractivity contribution in [1.82, 2.24) is 5.32 Å². The van der Waals surface area contributed by atoms with Gasteiger partial charge in [0, 0.05) is 0 Å². The van der Waals surface area contributed by atoms with E-state index in [1.165, 1.54) is 19.2 Å². The number of imide groups is 1. The van der Waals surface area contributed by atoms with E-state index in [1.54, 1.807) is 19.9 Å². The number of carbonyl (C=O) groups is 3. The van der Waals surface area contributed by atoms with Crippen molar-refractivity contribution in [2.24, 2.45) is 11.7 Å². The van der Waals surface area contributed by atoms with E-state index in [0.29, 0.717) is 10.2 Å². The summed E-state index contributed by atoms with van der Waals surface area (Å²) in [5, 5.41) is 1.90. The number of hydrogen-bond acceptors (Lipinski definition) is 5. The van der Waals surface area contributed by atoms with E-state index in [1.807, 2.05) is 5.32 Å². The fraction of sp³-hybridized carbons (Fsp3) is 0.357. The van der Waals surface area contributed by atoms with E-state index >= 15 is 0 Å². The molecular weight excluding hydrogens is 356 g/mol. The predicted molar refractivity (Wildman–Crippen MR) is 82.5 cm³/mol. The van der Waals surface area contributed by atoms with Gasteiger partial charge >= 0.3 is 12.0 Å². The van der Waals surface area contributed by atoms with Crippen molar-refractivity contribution >= 4 is 33.8 Å². The minimum atomic E-state index is -1.12. The highest BCUT2D eigenvalue weighted by Gasteiger charge is 2.28. The lowest BCUT2D eigenvalue weighted by Crippen LogP contribution is -2.45. The quantitative estimate of drug-likeness (QED) is 0.766. The maximum Gasteiger partial charge on any atom is 0.338 e. The summed E-state index contributed by atoms with van der Waals surface area (Å²) in [6.45, 7) is 3.37. The van der Waals surface area contributed by atoms with Gasteiger partial charge in [0.25, 0.3) is 5.91 Å². The number of benzene rings is 1. The van der Waals surface area contributed by atoms with Crippen molar-refractivity contribution < 1.29 is 23.9 Å². The molecule has 22 heavy (non-hydrogen) atoms. The molecule has 120 valence electrons. The number of primary amides is 1. The highest BCUT2D eigenvalue weighted by molar-refractivity contribution is 9.10. The summed E-state index contributed by atoms with van der Waals surface area (Å²) in [6, 6.07) is 3.62. The molecule has 0 fully saturated rings. The van der Waals surface area contributed by atoms with Gasteiger partial charge in [-0.25, -0.2) is 9.59 Å². The van der Waals surface area contributed by atoms with Crippen LogP contribution < -0.4 is 15.8 Å². The van der Waals surface area contributed by atoms with E-state index in [4.69, 9.17) is 15.2 Å². The molecule has 0 aromatic heterocycles. The van der Waals surface area contributed by atoms with Crippen LogP contribution in [-0.4, -0.2) is 31.1 Å². The van der Waals surface area contributed by atoms with Crippen LogP contribution in [0, 0.1) is 5.92 Å². The number of urea groups is 1. The standard InChI is InChI=1S/C14H17BrN2O5/c1-7(2)11(12(18)17-14(16)20)22-13(19)8-4-5-10(21-3)9(15)6-8/h4-7,11H,1-3H3,(H3,16,17,18,20)/t11-/m0/s1. The summed E-state index contributed by atoms with van der Waals surface area (Å²) in [6.07, 6.45) is -1.12. The van der Waals surface area contributed by atoms with Gasteiger partial charge in [-0.2, -0.15) is 0 Å². The van der Waals surface area contributed by atoms with Gasteiger partial charge in [0.1, 0.15) is 5.75 Å². The molecule has 0 spiro atoms. The largest absolute Gasteiger partial charge is 0.496 e. The minimum Gasteiger partial charge on any atom is -0.496 e. The number of amides is 3. The van der Waals surface area contributed by atoms with Gasteiger partial charge in [0.2, 0.25) is 0 Å². The average Bonchev–Trinajstić information content (AvgIpc) is 2.43. The van der Waals surface area contributed by atoms with E-state index in [0.717, 1.165) is 0 Å². The molecule has 0 aliphatic rings. The van der Waals surface area contributed by atoms with E-state index < -0.39 is 24.0 Å². The average molecular weight is 373 g/mol. The molecule has 0 saturated carbocycles. The lowest BCUT2D eigenvalue weighted by Gasteiger charge is -2.20. The van der Waals surface area contributed by atoms with Crippen molar-refractivity contribution in [3.63, 3.8) is 0 Å². The monoisotopic (exact) mass is 372 g/mol. The Morgan fingerprint density at radius 3 is 2.36 bits per heavy atom. The Morgan fingerprint density at radius 1 is 1.27 bits per heavy atom. The number of halogens is 1. The van der Waals surface area contributed by atoms with E-state index in [2.05, 4.69) is 15.9 Å². The second-order valence-electron chi connectivity index (χ2n) is 4.77. The fourth-order valence-corrected chi connectivity index (χ4v) is 2.20. The van der Waals surface area contributed by atoms with E-state index in [-0.39, 0.29) is 11.5 Å². The molecule has 8 heteroatoms. The van der Waals surface area contributed by atoms with Crippen LogP contribution in [0.1, 0.15) is 24.2 Å². The lowest BCUT2D eigenvalue weighted by atomic mass is 10.1. The smallest absolute Gasteiger partial charge is 0.338 e.